The van der Waals surface area contributed by atoms with Gasteiger partial charge in [-0.2, -0.15) is 0 Å². The Labute approximate surface area is 145 Å². The Morgan fingerprint density at radius 3 is 3.12 bits per heavy atom. The number of nitrogens with zero attached hydrogens (tertiary/aromatic N) is 2. The zero-order valence-electron chi connectivity index (χ0n) is 14.1. The lowest BCUT2D eigenvalue weighted by molar-refractivity contribution is 0.0727. The lowest BCUT2D eigenvalue weighted by Gasteiger charge is -2.23. The molecular formula is C19H20N2O4. The third kappa shape index (κ3) is 3.30. The van der Waals surface area contributed by atoms with Gasteiger partial charge in [0.15, 0.2) is 5.69 Å². The standard InChI is InChI=1S/C19H20N2O4/c1-13-9-17(20-25-13)19(22)21-6-8-23-12-14(11-21)10-15-3-2-4-18-16(15)5-7-24-18/h2-5,7,9,14H,6,8,10-12H2,1H3/t14-/m1/s1. The van der Waals surface area contributed by atoms with Gasteiger partial charge >= 0.3 is 0 Å². The van der Waals surface area contributed by atoms with E-state index in [4.69, 9.17) is 13.7 Å². The maximum Gasteiger partial charge on any atom is 0.276 e. The fourth-order valence-electron chi connectivity index (χ4n) is 3.36. The number of hydrogen-bond donors (Lipinski definition) is 0. The molecule has 0 saturated carbocycles. The van der Waals surface area contributed by atoms with Crippen molar-refractivity contribution in [2.45, 2.75) is 13.3 Å². The van der Waals surface area contributed by atoms with Crippen LogP contribution < -0.4 is 0 Å². The van der Waals surface area contributed by atoms with Crippen LogP contribution in [-0.4, -0.2) is 42.3 Å². The zero-order valence-corrected chi connectivity index (χ0v) is 14.1. The largest absolute Gasteiger partial charge is 0.464 e. The molecule has 2 aromatic heterocycles. The molecule has 0 radical (unpaired) electrons. The topological polar surface area (TPSA) is 68.7 Å². The number of benzene rings is 1. The van der Waals surface area contributed by atoms with Crippen molar-refractivity contribution in [3.8, 4) is 0 Å². The molecule has 3 aromatic rings. The van der Waals surface area contributed by atoms with E-state index in [1.54, 1.807) is 19.3 Å². The van der Waals surface area contributed by atoms with Gasteiger partial charge in [0, 0.05) is 30.5 Å². The third-order valence-corrected chi connectivity index (χ3v) is 4.57. The predicted molar refractivity (Wildman–Crippen MR) is 91.4 cm³/mol. The monoisotopic (exact) mass is 340 g/mol. The summed E-state index contributed by atoms with van der Waals surface area (Å²) in [7, 11) is 0. The van der Waals surface area contributed by atoms with E-state index in [0.717, 1.165) is 17.4 Å². The van der Waals surface area contributed by atoms with Crippen LogP contribution in [0.2, 0.25) is 0 Å². The maximum absolute atomic E-state index is 12.7. The maximum atomic E-state index is 12.7. The molecule has 1 atom stereocenters. The van der Waals surface area contributed by atoms with Crippen LogP contribution in [-0.2, 0) is 11.2 Å². The number of hydrogen-bond acceptors (Lipinski definition) is 5. The number of rotatable bonds is 3. The van der Waals surface area contributed by atoms with Crippen molar-refractivity contribution in [1.29, 1.82) is 0 Å². The van der Waals surface area contributed by atoms with Crippen molar-refractivity contribution in [2.75, 3.05) is 26.3 Å². The average Bonchev–Trinajstić information content (AvgIpc) is 3.20. The minimum absolute atomic E-state index is 0.103. The van der Waals surface area contributed by atoms with Gasteiger partial charge in [-0.05, 0) is 31.0 Å². The highest BCUT2D eigenvalue weighted by Gasteiger charge is 2.26. The smallest absolute Gasteiger partial charge is 0.276 e. The summed E-state index contributed by atoms with van der Waals surface area (Å²) in [5.41, 5.74) is 2.46. The SMILES string of the molecule is Cc1cc(C(=O)N2CCOC[C@H](Cc3cccc4occc34)C2)no1. The Balaban J connectivity index is 1.52. The second-order valence-corrected chi connectivity index (χ2v) is 6.47. The highest BCUT2D eigenvalue weighted by atomic mass is 16.5. The van der Waals surface area contributed by atoms with Crippen LogP contribution in [0, 0.1) is 12.8 Å². The van der Waals surface area contributed by atoms with Gasteiger partial charge in [0.05, 0.1) is 19.5 Å². The molecule has 4 rings (SSSR count). The lowest BCUT2D eigenvalue weighted by atomic mass is 9.97. The fraction of sp³-hybridized carbons (Fsp3) is 0.368. The van der Waals surface area contributed by atoms with Crippen molar-refractivity contribution in [2.24, 2.45) is 5.92 Å². The van der Waals surface area contributed by atoms with E-state index in [1.165, 1.54) is 5.56 Å². The van der Waals surface area contributed by atoms with Crippen LogP contribution >= 0.6 is 0 Å². The first kappa shape index (κ1) is 15.9. The molecule has 0 N–H and O–H groups in total. The minimum atomic E-state index is -0.103. The van der Waals surface area contributed by atoms with Crippen molar-refractivity contribution < 1.29 is 18.5 Å². The molecule has 130 valence electrons. The molecule has 0 unspecified atom stereocenters. The summed E-state index contributed by atoms with van der Waals surface area (Å²) >= 11 is 0. The summed E-state index contributed by atoms with van der Waals surface area (Å²) < 4.78 is 16.2. The molecule has 1 aliphatic rings. The van der Waals surface area contributed by atoms with Gasteiger partial charge in [-0.25, -0.2) is 0 Å². The normalized spacial score (nSPS) is 18.4. The van der Waals surface area contributed by atoms with E-state index >= 15 is 0 Å². The van der Waals surface area contributed by atoms with Gasteiger partial charge in [0.25, 0.3) is 5.91 Å². The van der Waals surface area contributed by atoms with E-state index in [9.17, 15) is 4.79 Å². The third-order valence-electron chi connectivity index (χ3n) is 4.57. The summed E-state index contributed by atoms with van der Waals surface area (Å²) in [5.74, 6) is 0.756. The van der Waals surface area contributed by atoms with Crippen LogP contribution in [0.4, 0.5) is 0 Å². The zero-order chi connectivity index (χ0) is 17.2. The molecule has 1 fully saturated rings. The van der Waals surface area contributed by atoms with Gasteiger partial charge in [0.1, 0.15) is 11.3 Å². The highest BCUT2D eigenvalue weighted by molar-refractivity contribution is 5.92. The van der Waals surface area contributed by atoms with Crippen molar-refractivity contribution in [3.05, 3.63) is 53.6 Å². The Hall–Kier alpha value is -2.60. The number of carbonyl (C=O) groups is 1. The number of aromatic nitrogens is 1. The quantitative estimate of drug-likeness (QED) is 0.733. The minimum Gasteiger partial charge on any atom is -0.464 e. The number of fused-ring (bicyclic) bond motifs is 1. The first-order valence-electron chi connectivity index (χ1n) is 8.46. The van der Waals surface area contributed by atoms with E-state index in [1.807, 2.05) is 23.1 Å². The van der Waals surface area contributed by atoms with E-state index < -0.39 is 0 Å². The summed E-state index contributed by atoms with van der Waals surface area (Å²) in [4.78, 5) is 14.5. The molecule has 0 bridgehead atoms. The first-order chi connectivity index (χ1) is 12.2. The number of carbonyl (C=O) groups excluding carboxylic acids is 1. The summed E-state index contributed by atoms with van der Waals surface area (Å²) in [5, 5.41) is 4.97. The van der Waals surface area contributed by atoms with Crippen LogP contribution in [0.3, 0.4) is 0 Å². The van der Waals surface area contributed by atoms with E-state index in [-0.39, 0.29) is 11.8 Å². The summed E-state index contributed by atoms with van der Waals surface area (Å²) in [6.45, 7) is 4.16. The van der Waals surface area contributed by atoms with Crippen molar-refractivity contribution in [1.82, 2.24) is 10.1 Å². The molecule has 0 spiro atoms. The van der Waals surface area contributed by atoms with Crippen LogP contribution in [0.15, 0.2) is 45.5 Å². The summed E-state index contributed by atoms with van der Waals surface area (Å²) in [6.07, 6.45) is 2.54. The van der Waals surface area contributed by atoms with Crippen LogP contribution in [0.5, 0.6) is 0 Å². The van der Waals surface area contributed by atoms with Crippen molar-refractivity contribution >= 4 is 16.9 Å². The second-order valence-electron chi connectivity index (χ2n) is 6.47. The second kappa shape index (κ2) is 6.72. The summed E-state index contributed by atoms with van der Waals surface area (Å²) in [6, 6.07) is 9.74. The van der Waals surface area contributed by atoms with Crippen LogP contribution in [0.25, 0.3) is 11.0 Å². The molecular weight excluding hydrogens is 320 g/mol. The Morgan fingerprint density at radius 1 is 1.36 bits per heavy atom. The Bertz CT molecular complexity index is 882. The van der Waals surface area contributed by atoms with Gasteiger partial charge in [-0.1, -0.05) is 17.3 Å². The Kier molecular flexibility index (Phi) is 4.28. The number of furan rings is 1. The molecule has 1 saturated heterocycles. The van der Waals surface area contributed by atoms with Crippen molar-refractivity contribution in [3.63, 3.8) is 0 Å². The molecule has 0 aliphatic carbocycles. The molecule has 25 heavy (non-hydrogen) atoms. The lowest BCUT2D eigenvalue weighted by Crippen LogP contribution is -2.36. The molecule has 1 aromatic carbocycles. The molecule has 1 aliphatic heterocycles. The number of aryl methyl sites for hydroxylation is 1. The highest BCUT2D eigenvalue weighted by Crippen LogP contribution is 2.24. The van der Waals surface area contributed by atoms with Gasteiger partial charge in [-0.3, -0.25) is 4.79 Å². The Morgan fingerprint density at radius 2 is 2.28 bits per heavy atom. The number of amides is 1. The number of ether oxygens (including phenoxy) is 1. The molecule has 1 amide bonds. The predicted octanol–water partition coefficient (Wildman–Crippen LogP) is 3.06. The van der Waals surface area contributed by atoms with E-state index in [0.29, 0.717) is 37.8 Å². The van der Waals surface area contributed by atoms with E-state index in [2.05, 4.69) is 11.2 Å². The van der Waals surface area contributed by atoms with Gasteiger partial charge in [0.2, 0.25) is 0 Å². The molecule has 6 nitrogen and oxygen atoms in total. The fourth-order valence-corrected chi connectivity index (χ4v) is 3.36. The first-order valence-corrected chi connectivity index (χ1v) is 8.46. The van der Waals surface area contributed by atoms with Gasteiger partial charge in [-0.15, -0.1) is 0 Å². The average molecular weight is 340 g/mol. The van der Waals surface area contributed by atoms with Gasteiger partial charge < -0.3 is 18.6 Å². The molecule has 6 heteroatoms. The molecule has 3 heterocycles. The van der Waals surface area contributed by atoms with Crippen LogP contribution in [0.1, 0.15) is 21.8 Å².